The zero-order valence-electron chi connectivity index (χ0n) is 35.2. The lowest BCUT2D eigenvalue weighted by atomic mass is 9.92. The number of methoxy groups -OCH3 is 2. The van der Waals surface area contributed by atoms with E-state index in [4.69, 9.17) is 28.4 Å². The molecule has 0 aromatic carbocycles. The van der Waals surface area contributed by atoms with E-state index in [0.29, 0.717) is 32.0 Å². The molecule has 0 aromatic rings. The second kappa shape index (κ2) is 28.4. The molecule has 0 aliphatic carbocycles. The van der Waals surface area contributed by atoms with Crippen molar-refractivity contribution in [2.45, 2.75) is 204 Å². The van der Waals surface area contributed by atoms with Gasteiger partial charge < -0.3 is 42.8 Å². The molecule has 0 rings (SSSR count). The van der Waals surface area contributed by atoms with Gasteiger partial charge in [-0.25, -0.2) is 0 Å². The van der Waals surface area contributed by atoms with Gasteiger partial charge in [-0.05, 0) is 129 Å². The first-order valence-corrected chi connectivity index (χ1v) is 18.5. The lowest BCUT2D eigenvalue weighted by Crippen LogP contribution is -2.39. The van der Waals surface area contributed by atoms with Crippen LogP contribution in [0.1, 0.15) is 156 Å². The fourth-order valence-corrected chi connectivity index (χ4v) is 5.37. The Kier molecular flexibility index (Phi) is 30.2. The summed E-state index contributed by atoms with van der Waals surface area (Å²) in [6, 6.07) is 0. The first-order chi connectivity index (χ1) is 22.4. The van der Waals surface area contributed by atoms with E-state index in [1.54, 1.807) is 28.1 Å². The SMILES string of the molecule is CC(C)=O.COC(C)CC(C)(C)OCC(C)C(C)(C)OCCCC(C)=O.COC(C)CC(C)OC(C)CC(C)OC(C)CC(C)CC(C)=O. The van der Waals surface area contributed by atoms with E-state index >= 15 is 0 Å². The van der Waals surface area contributed by atoms with Gasteiger partial charge in [0.1, 0.15) is 17.3 Å². The third kappa shape index (κ3) is 35.0. The molecule has 9 nitrogen and oxygen atoms in total. The van der Waals surface area contributed by atoms with Gasteiger partial charge in [-0.15, -0.1) is 0 Å². The average molecular weight is 705 g/mol. The molecule has 0 N–H and O–H groups in total. The maximum Gasteiger partial charge on any atom is 0.130 e. The number of carbonyl (C=O) groups excluding carboxylic acids is 3. The summed E-state index contributed by atoms with van der Waals surface area (Å²) in [7, 11) is 3.45. The molecule has 0 heterocycles. The lowest BCUT2D eigenvalue weighted by Gasteiger charge is -2.35. The van der Waals surface area contributed by atoms with Crippen LogP contribution in [0.15, 0.2) is 0 Å². The summed E-state index contributed by atoms with van der Waals surface area (Å²) < 4.78 is 34.7. The molecule has 294 valence electrons. The first-order valence-electron chi connectivity index (χ1n) is 18.5. The Morgan fingerprint density at radius 1 is 0.592 bits per heavy atom. The molecule has 49 heavy (non-hydrogen) atoms. The van der Waals surface area contributed by atoms with Gasteiger partial charge in [0.15, 0.2) is 0 Å². The van der Waals surface area contributed by atoms with E-state index in [2.05, 4.69) is 83.1 Å². The Labute approximate surface area is 302 Å². The standard InChI is InChI=1S/C19H38O4.C18H36O4.C3H6O/c1-13(9-14(2)20)10-16(4)22-18(6)12-19(7)23-17(5)11-15(3)21-8;1-14(13-22-17(4,5)12-16(3)20-8)18(6,7)21-11-9-10-15(2)19;1-3(2)4/h13,15-19H,9-12H2,1-8H3;14,16H,9-13H2,1-8H3;1-2H3. The molecular formula is C40H80O9. The van der Waals surface area contributed by atoms with Gasteiger partial charge in [-0.1, -0.05) is 13.8 Å². The van der Waals surface area contributed by atoms with Gasteiger partial charge in [-0.2, -0.15) is 0 Å². The summed E-state index contributed by atoms with van der Waals surface area (Å²) in [6.07, 6.45) is 6.60. The number of ether oxygens (including phenoxy) is 6. The van der Waals surface area contributed by atoms with Crippen molar-refractivity contribution >= 4 is 17.3 Å². The molecule has 0 amide bonds. The lowest BCUT2D eigenvalue weighted by molar-refractivity contribution is -0.122. The van der Waals surface area contributed by atoms with E-state index in [9.17, 15) is 14.4 Å². The van der Waals surface area contributed by atoms with Crippen molar-refractivity contribution in [2.24, 2.45) is 11.8 Å². The van der Waals surface area contributed by atoms with Crippen LogP contribution in [0, 0.1) is 11.8 Å². The molecule has 0 bridgehead atoms. The zero-order chi connectivity index (χ0) is 39.0. The van der Waals surface area contributed by atoms with Gasteiger partial charge >= 0.3 is 0 Å². The highest BCUT2D eigenvalue weighted by Gasteiger charge is 2.30. The van der Waals surface area contributed by atoms with Crippen LogP contribution in [0.4, 0.5) is 0 Å². The quantitative estimate of drug-likeness (QED) is 0.0861. The van der Waals surface area contributed by atoms with E-state index in [1.165, 1.54) is 13.8 Å². The number of hydrogen-bond donors (Lipinski definition) is 0. The molecule has 0 aliphatic rings. The molecule has 0 aromatic heterocycles. The zero-order valence-corrected chi connectivity index (χ0v) is 35.2. The van der Waals surface area contributed by atoms with Gasteiger partial charge in [0.2, 0.25) is 0 Å². The molecular weight excluding hydrogens is 624 g/mol. The Morgan fingerprint density at radius 2 is 1.02 bits per heavy atom. The maximum atomic E-state index is 11.1. The summed E-state index contributed by atoms with van der Waals surface area (Å²) in [4.78, 5) is 31.5. The summed E-state index contributed by atoms with van der Waals surface area (Å²) in [5, 5.41) is 0. The molecule has 8 unspecified atom stereocenters. The van der Waals surface area contributed by atoms with Crippen molar-refractivity contribution in [3.05, 3.63) is 0 Å². The van der Waals surface area contributed by atoms with Gasteiger partial charge in [0.05, 0.1) is 54.4 Å². The molecule has 9 heteroatoms. The molecule has 0 aliphatic heterocycles. The predicted octanol–water partition coefficient (Wildman–Crippen LogP) is 9.00. The van der Waals surface area contributed by atoms with Gasteiger partial charge in [0, 0.05) is 46.0 Å². The number of carbonyl (C=O) groups is 3. The van der Waals surface area contributed by atoms with Crippen molar-refractivity contribution in [1.82, 2.24) is 0 Å². The number of Topliss-reactive ketones (excluding diaryl/α,β-unsaturated/α-hetero) is 3. The van der Waals surface area contributed by atoms with E-state index in [1.807, 2.05) is 0 Å². The summed E-state index contributed by atoms with van der Waals surface area (Å²) >= 11 is 0. The highest BCUT2D eigenvalue weighted by molar-refractivity contribution is 5.75. The molecule has 0 saturated carbocycles. The third-order valence-corrected chi connectivity index (χ3v) is 8.27. The van der Waals surface area contributed by atoms with Gasteiger partial charge in [-0.3, -0.25) is 0 Å². The molecule has 0 spiro atoms. The van der Waals surface area contributed by atoms with E-state index < -0.39 is 0 Å². The minimum atomic E-state index is -0.264. The van der Waals surface area contributed by atoms with Crippen LogP contribution in [0.25, 0.3) is 0 Å². The van der Waals surface area contributed by atoms with Crippen molar-refractivity contribution in [1.29, 1.82) is 0 Å². The normalized spacial score (nSPS) is 16.8. The highest BCUT2D eigenvalue weighted by Crippen LogP contribution is 2.26. The van der Waals surface area contributed by atoms with Crippen molar-refractivity contribution in [3.63, 3.8) is 0 Å². The van der Waals surface area contributed by atoms with Crippen molar-refractivity contribution < 1.29 is 42.8 Å². The van der Waals surface area contributed by atoms with Crippen LogP contribution >= 0.6 is 0 Å². The fraction of sp³-hybridized carbons (Fsp3) is 0.925. The fourth-order valence-electron chi connectivity index (χ4n) is 5.37. The van der Waals surface area contributed by atoms with E-state index in [-0.39, 0.29) is 71.1 Å². The molecule has 8 atom stereocenters. The van der Waals surface area contributed by atoms with Crippen LogP contribution in [-0.4, -0.2) is 92.6 Å². The van der Waals surface area contributed by atoms with Crippen LogP contribution in [-0.2, 0) is 42.8 Å². The second-order valence-corrected chi connectivity index (χ2v) is 15.7. The van der Waals surface area contributed by atoms with Crippen molar-refractivity contribution in [2.75, 3.05) is 27.4 Å². The first kappa shape index (κ1) is 52.1. The Bertz CT molecular complexity index is 853. The van der Waals surface area contributed by atoms with Gasteiger partial charge in [0.25, 0.3) is 0 Å². The van der Waals surface area contributed by atoms with Crippen LogP contribution < -0.4 is 0 Å². The highest BCUT2D eigenvalue weighted by atomic mass is 16.5. The predicted molar refractivity (Wildman–Crippen MR) is 201 cm³/mol. The second-order valence-electron chi connectivity index (χ2n) is 15.7. The van der Waals surface area contributed by atoms with Crippen LogP contribution in [0.2, 0.25) is 0 Å². The maximum absolute atomic E-state index is 11.1. The van der Waals surface area contributed by atoms with E-state index in [0.717, 1.165) is 32.1 Å². The minimum Gasteiger partial charge on any atom is -0.382 e. The monoisotopic (exact) mass is 705 g/mol. The number of hydrogen-bond acceptors (Lipinski definition) is 9. The Balaban J connectivity index is -0.000000778. The summed E-state index contributed by atoms with van der Waals surface area (Å²) in [6.45, 7) is 32.6. The topological polar surface area (TPSA) is 107 Å². The number of ketones is 3. The molecule has 0 radical (unpaired) electrons. The smallest absolute Gasteiger partial charge is 0.130 e. The third-order valence-electron chi connectivity index (χ3n) is 8.27. The molecule has 0 saturated heterocycles. The largest absolute Gasteiger partial charge is 0.382 e. The number of rotatable bonds is 25. The Hall–Kier alpha value is -1.23. The summed E-state index contributed by atoms with van der Waals surface area (Å²) in [5.41, 5.74) is -0.478. The average Bonchev–Trinajstić information content (AvgIpc) is 2.92. The van der Waals surface area contributed by atoms with Crippen LogP contribution in [0.3, 0.4) is 0 Å². The minimum absolute atomic E-state index is 0.150. The molecule has 0 fully saturated rings. The summed E-state index contributed by atoms with van der Waals surface area (Å²) in [5.74, 6) is 1.27. The van der Waals surface area contributed by atoms with Crippen LogP contribution in [0.5, 0.6) is 0 Å². The van der Waals surface area contributed by atoms with Crippen molar-refractivity contribution in [3.8, 4) is 0 Å². The Morgan fingerprint density at radius 3 is 1.43 bits per heavy atom.